The number of aromatic amines is 1. The molecule has 0 radical (unpaired) electrons. The predicted octanol–water partition coefficient (Wildman–Crippen LogP) is 2.68. The van der Waals surface area contributed by atoms with E-state index in [-0.39, 0.29) is 0 Å². The molecule has 1 heterocycles. The first-order chi connectivity index (χ1) is 9.93. The largest absolute Gasteiger partial charge is 0.313 e. The Balaban J connectivity index is 1.52. The van der Waals surface area contributed by atoms with E-state index in [0.29, 0.717) is 0 Å². The van der Waals surface area contributed by atoms with Gasteiger partial charge in [-0.1, -0.05) is 42.5 Å². The molecule has 0 aliphatic carbocycles. The number of hydrogen-bond donors (Lipinski definition) is 2. The second kappa shape index (κ2) is 6.30. The smallest absolute Gasteiger partial charge is 0.137 e. The highest BCUT2D eigenvalue weighted by atomic mass is 15.2. The third-order valence-electron chi connectivity index (χ3n) is 3.43. The van der Waals surface area contributed by atoms with E-state index in [1.54, 1.807) is 6.33 Å². The van der Waals surface area contributed by atoms with Crippen molar-refractivity contribution in [1.29, 1.82) is 0 Å². The number of aryl methyl sites for hydroxylation is 1. The zero-order valence-corrected chi connectivity index (χ0v) is 11.3. The lowest BCUT2D eigenvalue weighted by molar-refractivity contribution is 0.641. The van der Waals surface area contributed by atoms with Crippen molar-refractivity contribution in [2.24, 2.45) is 0 Å². The van der Waals surface area contributed by atoms with Gasteiger partial charge in [-0.05, 0) is 29.3 Å². The van der Waals surface area contributed by atoms with Crippen molar-refractivity contribution in [2.75, 3.05) is 6.54 Å². The van der Waals surface area contributed by atoms with Crippen molar-refractivity contribution in [2.45, 2.75) is 19.4 Å². The van der Waals surface area contributed by atoms with Gasteiger partial charge in [0.2, 0.25) is 0 Å². The summed E-state index contributed by atoms with van der Waals surface area (Å²) in [6.45, 7) is 1.88. The fourth-order valence-electron chi connectivity index (χ4n) is 2.40. The van der Waals surface area contributed by atoms with Gasteiger partial charge in [-0.15, -0.1) is 0 Å². The molecule has 0 fully saturated rings. The molecule has 4 heteroatoms. The molecule has 0 spiro atoms. The number of nitrogens with zero attached hydrogens (tertiary/aromatic N) is 2. The molecule has 0 aliphatic heterocycles. The predicted molar refractivity (Wildman–Crippen MR) is 80.4 cm³/mol. The molecular weight excluding hydrogens is 248 g/mol. The highest BCUT2D eigenvalue weighted by Crippen LogP contribution is 2.18. The molecular formula is C16H18N4. The average Bonchev–Trinajstić information content (AvgIpc) is 3.00. The van der Waals surface area contributed by atoms with Gasteiger partial charge < -0.3 is 5.32 Å². The number of benzene rings is 2. The fourth-order valence-corrected chi connectivity index (χ4v) is 2.40. The van der Waals surface area contributed by atoms with E-state index >= 15 is 0 Å². The SMILES string of the molecule is c1ccc2c(CNCCCc3ncn[nH]3)cccc2c1. The van der Waals surface area contributed by atoms with Crippen LogP contribution in [0.5, 0.6) is 0 Å². The Morgan fingerprint density at radius 1 is 1.05 bits per heavy atom. The van der Waals surface area contributed by atoms with E-state index < -0.39 is 0 Å². The van der Waals surface area contributed by atoms with Gasteiger partial charge in [0.05, 0.1) is 0 Å². The first-order valence-corrected chi connectivity index (χ1v) is 6.95. The van der Waals surface area contributed by atoms with Crippen LogP contribution in [0.3, 0.4) is 0 Å². The Labute approximate surface area is 118 Å². The van der Waals surface area contributed by atoms with Crippen LogP contribution in [0.15, 0.2) is 48.8 Å². The van der Waals surface area contributed by atoms with Gasteiger partial charge in [0.15, 0.2) is 0 Å². The first kappa shape index (κ1) is 12.8. The quantitative estimate of drug-likeness (QED) is 0.674. The topological polar surface area (TPSA) is 53.6 Å². The molecule has 20 heavy (non-hydrogen) atoms. The molecule has 102 valence electrons. The molecule has 0 unspecified atom stereocenters. The minimum atomic E-state index is 0.901. The van der Waals surface area contributed by atoms with Gasteiger partial charge in [-0.2, -0.15) is 5.10 Å². The summed E-state index contributed by atoms with van der Waals surface area (Å²) >= 11 is 0. The molecule has 2 N–H and O–H groups in total. The third kappa shape index (κ3) is 3.03. The summed E-state index contributed by atoms with van der Waals surface area (Å²) in [6, 6.07) is 15.0. The monoisotopic (exact) mass is 266 g/mol. The Hall–Kier alpha value is -2.20. The normalized spacial score (nSPS) is 11.0. The number of aromatic nitrogens is 3. The maximum absolute atomic E-state index is 4.12. The van der Waals surface area contributed by atoms with Crippen molar-refractivity contribution in [3.63, 3.8) is 0 Å². The number of rotatable bonds is 6. The summed E-state index contributed by atoms with van der Waals surface area (Å²) in [5.41, 5.74) is 1.35. The van der Waals surface area contributed by atoms with Crippen LogP contribution in [-0.2, 0) is 13.0 Å². The number of fused-ring (bicyclic) bond motifs is 1. The van der Waals surface area contributed by atoms with Crippen molar-refractivity contribution < 1.29 is 0 Å². The molecule has 0 amide bonds. The molecule has 4 nitrogen and oxygen atoms in total. The summed E-state index contributed by atoms with van der Waals surface area (Å²) in [5, 5.41) is 12.9. The second-order valence-corrected chi connectivity index (χ2v) is 4.85. The van der Waals surface area contributed by atoms with Crippen LogP contribution in [-0.4, -0.2) is 21.7 Å². The van der Waals surface area contributed by atoms with Crippen LogP contribution in [0.1, 0.15) is 17.8 Å². The Morgan fingerprint density at radius 2 is 1.95 bits per heavy atom. The second-order valence-electron chi connectivity index (χ2n) is 4.85. The zero-order valence-electron chi connectivity index (χ0n) is 11.3. The molecule has 2 aromatic carbocycles. The van der Waals surface area contributed by atoms with E-state index in [0.717, 1.165) is 31.8 Å². The van der Waals surface area contributed by atoms with Crippen molar-refractivity contribution in [1.82, 2.24) is 20.5 Å². The van der Waals surface area contributed by atoms with Gasteiger partial charge in [-0.3, -0.25) is 5.10 Å². The molecule has 0 atom stereocenters. The van der Waals surface area contributed by atoms with E-state index in [4.69, 9.17) is 0 Å². The van der Waals surface area contributed by atoms with Crippen LogP contribution < -0.4 is 5.32 Å². The lowest BCUT2D eigenvalue weighted by atomic mass is 10.0. The van der Waals surface area contributed by atoms with Crippen LogP contribution >= 0.6 is 0 Å². The maximum Gasteiger partial charge on any atom is 0.137 e. The van der Waals surface area contributed by atoms with Gasteiger partial charge in [0, 0.05) is 13.0 Å². The van der Waals surface area contributed by atoms with E-state index in [9.17, 15) is 0 Å². The van der Waals surface area contributed by atoms with Gasteiger partial charge in [-0.25, -0.2) is 4.98 Å². The van der Waals surface area contributed by atoms with Crippen LogP contribution in [0, 0.1) is 0 Å². The van der Waals surface area contributed by atoms with Gasteiger partial charge in [0.25, 0.3) is 0 Å². The van der Waals surface area contributed by atoms with E-state index in [1.165, 1.54) is 16.3 Å². The minimum absolute atomic E-state index is 0.901. The standard InChI is InChI=1S/C16H18N4/c1-2-8-15-13(5-1)6-3-7-14(15)11-17-10-4-9-16-18-12-19-20-16/h1-3,5-8,12,17H,4,9-11H2,(H,18,19,20). The lowest BCUT2D eigenvalue weighted by Crippen LogP contribution is -2.15. The van der Waals surface area contributed by atoms with E-state index in [2.05, 4.69) is 63.0 Å². The summed E-state index contributed by atoms with van der Waals surface area (Å²) < 4.78 is 0. The van der Waals surface area contributed by atoms with Gasteiger partial charge in [0.1, 0.15) is 12.2 Å². The summed E-state index contributed by atoms with van der Waals surface area (Å²) in [7, 11) is 0. The maximum atomic E-state index is 4.12. The van der Waals surface area contributed by atoms with Crippen molar-refractivity contribution in [3.8, 4) is 0 Å². The molecule has 0 saturated carbocycles. The molecule has 3 aromatic rings. The van der Waals surface area contributed by atoms with Crippen molar-refractivity contribution >= 4 is 10.8 Å². The van der Waals surface area contributed by atoms with Gasteiger partial charge >= 0.3 is 0 Å². The number of hydrogen-bond acceptors (Lipinski definition) is 3. The summed E-state index contributed by atoms with van der Waals surface area (Å²) in [4.78, 5) is 4.12. The summed E-state index contributed by atoms with van der Waals surface area (Å²) in [6.07, 6.45) is 3.54. The highest BCUT2D eigenvalue weighted by Gasteiger charge is 2.00. The first-order valence-electron chi connectivity index (χ1n) is 6.95. The Morgan fingerprint density at radius 3 is 2.85 bits per heavy atom. The highest BCUT2D eigenvalue weighted by molar-refractivity contribution is 5.85. The number of H-pyrrole nitrogens is 1. The third-order valence-corrected chi connectivity index (χ3v) is 3.43. The van der Waals surface area contributed by atoms with Crippen LogP contribution in [0.25, 0.3) is 10.8 Å². The molecule has 0 saturated heterocycles. The lowest BCUT2D eigenvalue weighted by Gasteiger charge is -2.08. The van der Waals surface area contributed by atoms with Crippen molar-refractivity contribution in [3.05, 3.63) is 60.2 Å². The average molecular weight is 266 g/mol. The fraction of sp³-hybridized carbons (Fsp3) is 0.250. The minimum Gasteiger partial charge on any atom is -0.313 e. The van der Waals surface area contributed by atoms with Crippen LogP contribution in [0.2, 0.25) is 0 Å². The van der Waals surface area contributed by atoms with Crippen LogP contribution in [0.4, 0.5) is 0 Å². The molecule has 3 rings (SSSR count). The summed E-state index contributed by atoms with van der Waals surface area (Å²) in [5.74, 6) is 0.956. The molecule has 0 aliphatic rings. The zero-order chi connectivity index (χ0) is 13.6. The Bertz CT molecular complexity index is 656. The van der Waals surface area contributed by atoms with E-state index in [1.807, 2.05) is 0 Å². The number of nitrogens with one attached hydrogen (secondary N) is 2. The molecule has 1 aromatic heterocycles. The Kier molecular flexibility index (Phi) is 4.04. The molecule has 0 bridgehead atoms.